The first-order chi connectivity index (χ1) is 8.66. The minimum Gasteiger partial charge on any atom is -0.481 e. The summed E-state index contributed by atoms with van der Waals surface area (Å²) in [4.78, 5) is 13.2. The molecule has 0 aromatic heterocycles. The third-order valence-electron chi connectivity index (χ3n) is 3.07. The third-order valence-corrected chi connectivity index (χ3v) is 4.19. The SMILES string of the molecule is CC(C)CCCC(=O)C1CSc2ccccc2O1. The number of ketones is 1. The Bertz CT molecular complexity index is 415. The van der Waals surface area contributed by atoms with Gasteiger partial charge in [0, 0.05) is 17.1 Å². The minimum atomic E-state index is -0.253. The van der Waals surface area contributed by atoms with Crippen LogP contribution in [0.2, 0.25) is 0 Å². The molecule has 1 unspecified atom stereocenters. The number of carbonyl (C=O) groups excluding carboxylic acids is 1. The summed E-state index contributed by atoms with van der Waals surface area (Å²) in [6, 6.07) is 7.93. The number of fused-ring (bicyclic) bond motifs is 1. The van der Waals surface area contributed by atoms with Gasteiger partial charge in [-0.2, -0.15) is 0 Å². The van der Waals surface area contributed by atoms with Crippen LogP contribution in [-0.4, -0.2) is 17.6 Å². The molecule has 0 fully saturated rings. The molecule has 0 saturated heterocycles. The number of hydrogen-bond donors (Lipinski definition) is 0. The predicted molar refractivity (Wildman–Crippen MR) is 75.3 cm³/mol. The number of hydrogen-bond acceptors (Lipinski definition) is 3. The van der Waals surface area contributed by atoms with Gasteiger partial charge >= 0.3 is 0 Å². The van der Waals surface area contributed by atoms with E-state index in [9.17, 15) is 4.79 Å². The number of para-hydroxylation sites is 1. The van der Waals surface area contributed by atoms with Crippen LogP contribution in [0.3, 0.4) is 0 Å². The van der Waals surface area contributed by atoms with Gasteiger partial charge in [-0.05, 0) is 24.5 Å². The Morgan fingerprint density at radius 2 is 2.22 bits per heavy atom. The lowest BCUT2D eigenvalue weighted by atomic mass is 10.0. The van der Waals surface area contributed by atoms with Crippen molar-refractivity contribution in [3.8, 4) is 5.75 Å². The fourth-order valence-corrected chi connectivity index (χ4v) is 3.04. The van der Waals surface area contributed by atoms with Gasteiger partial charge in [-0.3, -0.25) is 4.79 Å². The number of ether oxygens (including phenoxy) is 1. The number of benzene rings is 1. The van der Waals surface area contributed by atoms with Crippen molar-refractivity contribution in [3.05, 3.63) is 24.3 Å². The van der Waals surface area contributed by atoms with E-state index in [1.807, 2.05) is 24.3 Å². The van der Waals surface area contributed by atoms with E-state index in [1.54, 1.807) is 11.8 Å². The molecule has 0 radical (unpaired) electrons. The molecule has 1 aromatic rings. The van der Waals surface area contributed by atoms with Crippen molar-refractivity contribution in [1.29, 1.82) is 0 Å². The molecule has 1 aromatic carbocycles. The van der Waals surface area contributed by atoms with Crippen LogP contribution in [0.25, 0.3) is 0 Å². The van der Waals surface area contributed by atoms with Crippen molar-refractivity contribution >= 4 is 17.5 Å². The molecule has 0 spiro atoms. The lowest BCUT2D eigenvalue weighted by molar-refractivity contribution is -0.125. The zero-order valence-electron chi connectivity index (χ0n) is 11.0. The summed E-state index contributed by atoms with van der Waals surface area (Å²) < 4.78 is 5.78. The van der Waals surface area contributed by atoms with Gasteiger partial charge < -0.3 is 4.74 Å². The Morgan fingerprint density at radius 1 is 1.44 bits per heavy atom. The zero-order chi connectivity index (χ0) is 13.0. The van der Waals surface area contributed by atoms with Crippen molar-refractivity contribution < 1.29 is 9.53 Å². The molecule has 2 nitrogen and oxygen atoms in total. The molecule has 0 amide bonds. The van der Waals surface area contributed by atoms with Crippen LogP contribution < -0.4 is 4.74 Å². The van der Waals surface area contributed by atoms with Crippen molar-refractivity contribution in [2.24, 2.45) is 5.92 Å². The molecular weight excluding hydrogens is 244 g/mol. The molecule has 1 heterocycles. The Kier molecular flexibility index (Phi) is 4.70. The van der Waals surface area contributed by atoms with E-state index in [0.29, 0.717) is 12.3 Å². The average molecular weight is 264 g/mol. The molecule has 0 aliphatic carbocycles. The van der Waals surface area contributed by atoms with Gasteiger partial charge in [0.15, 0.2) is 11.9 Å². The number of Topliss-reactive ketones (excluding diaryl/α,β-unsaturated/α-hetero) is 1. The van der Waals surface area contributed by atoms with Gasteiger partial charge in [0.05, 0.1) is 0 Å². The van der Waals surface area contributed by atoms with E-state index in [1.165, 1.54) is 0 Å². The second kappa shape index (κ2) is 6.28. The van der Waals surface area contributed by atoms with Gasteiger partial charge in [-0.15, -0.1) is 11.8 Å². The topological polar surface area (TPSA) is 26.3 Å². The summed E-state index contributed by atoms with van der Waals surface area (Å²) in [5.41, 5.74) is 0. The molecule has 0 N–H and O–H groups in total. The molecule has 2 rings (SSSR count). The van der Waals surface area contributed by atoms with E-state index in [4.69, 9.17) is 4.74 Å². The predicted octanol–water partition coefficient (Wildman–Crippen LogP) is 3.94. The molecule has 18 heavy (non-hydrogen) atoms. The highest BCUT2D eigenvalue weighted by atomic mass is 32.2. The molecule has 1 aliphatic rings. The monoisotopic (exact) mass is 264 g/mol. The Hall–Kier alpha value is -0.960. The molecule has 0 saturated carbocycles. The molecule has 1 atom stereocenters. The summed E-state index contributed by atoms with van der Waals surface area (Å²) in [5, 5.41) is 0. The number of rotatable bonds is 5. The summed E-state index contributed by atoms with van der Waals surface area (Å²) in [6.07, 6.45) is 2.48. The van der Waals surface area contributed by atoms with E-state index in [0.717, 1.165) is 29.2 Å². The fraction of sp³-hybridized carbons (Fsp3) is 0.533. The summed E-state index contributed by atoms with van der Waals surface area (Å²) in [5.74, 6) is 2.52. The Balaban J connectivity index is 1.87. The molecular formula is C15H20O2S. The normalized spacial score (nSPS) is 18.3. The summed E-state index contributed by atoms with van der Waals surface area (Å²) in [6.45, 7) is 4.38. The number of thioether (sulfide) groups is 1. The van der Waals surface area contributed by atoms with Crippen molar-refractivity contribution in [1.82, 2.24) is 0 Å². The van der Waals surface area contributed by atoms with Gasteiger partial charge in [0.1, 0.15) is 5.75 Å². The zero-order valence-corrected chi connectivity index (χ0v) is 11.8. The van der Waals surface area contributed by atoms with E-state index < -0.39 is 0 Å². The summed E-state index contributed by atoms with van der Waals surface area (Å²) in [7, 11) is 0. The smallest absolute Gasteiger partial charge is 0.174 e. The van der Waals surface area contributed by atoms with Crippen molar-refractivity contribution in [2.45, 2.75) is 44.1 Å². The first kappa shape index (κ1) is 13.5. The Morgan fingerprint density at radius 3 is 3.00 bits per heavy atom. The average Bonchev–Trinajstić information content (AvgIpc) is 2.37. The van der Waals surface area contributed by atoms with Gasteiger partial charge in [-0.1, -0.05) is 32.4 Å². The van der Waals surface area contributed by atoms with Gasteiger partial charge in [0.2, 0.25) is 0 Å². The van der Waals surface area contributed by atoms with Crippen molar-refractivity contribution in [3.63, 3.8) is 0 Å². The van der Waals surface area contributed by atoms with Crippen LogP contribution in [0.15, 0.2) is 29.2 Å². The quantitative estimate of drug-likeness (QED) is 0.806. The van der Waals surface area contributed by atoms with Crippen LogP contribution in [0.5, 0.6) is 5.75 Å². The lowest BCUT2D eigenvalue weighted by Crippen LogP contribution is -2.32. The van der Waals surface area contributed by atoms with Crippen LogP contribution >= 0.6 is 11.8 Å². The van der Waals surface area contributed by atoms with E-state index in [-0.39, 0.29) is 11.9 Å². The van der Waals surface area contributed by atoms with Gasteiger partial charge in [-0.25, -0.2) is 0 Å². The maximum Gasteiger partial charge on any atom is 0.174 e. The Labute approximate surface area is 113 Å². The highest BCUT2D eigenvalue weighted by molar-refractivity contribution is 7.99. The van der Waals surface area contributed by atoms with E-state index in [2.05, 4.69) is 13.8 Å². The van der Waals surface area contributed by atoms with Crippen LogP contribution in [0, 0.1) is 5.92 Å². The standard InChI is InChI=1S/C15H20O2S/c1-11(2)6-5-7-12(16)14-10-18-15-9-4-3-8-13(15)17-14/h3-4,8-9,11,14H,5-7,10H2,1-2H3. The van der Waals surface area contributed by atoms with Crippen molar-refractivity contribution in [2.75, 3.05) is 5.75 Å². The van der Waals surface area contributed by atoms with Crippen LogP contribution in [-0.2, 0) is 4.79 Å². The van der Waals surface area contributed by atoms with E-state index >= 15 is 0 Å². The van der Waals surface area contributed by atoms with Gasteiger partial charge in [0.25, 0.3) is 0 Å². The molecule has 0 bridgehead atoms. The first-order valence-corrected chi connectivity index (χ1v) is 7.56. The summed E-state index contributed by atoms with van der Waals surface area (Å²) >= 11 is 1.72. The first-order valence-electron chi connectivity index (χ1n) is 6.58. The maximum atomic E-state index is 12.1. The largest absolute Gasteiger partial charge is 0.481 e. The van der Waals surface area contributed by atoms with Crippen LogP contribution in [0.4, 0.5) is 0 Å². The second-order valence-electron chi connectivity index (χ2n) is 5.12. The highest BCUT2D eigenvalue weighted by Crippen LogP contribution is 2.35. The molecule has 98 valence electrons. The third kappa shape index (κ3) is 3.52. The van der Waals surface area contributed by atoms with Crippen LogP contribution in [0.1, 0.15) is 33.1 Å². The maximum absolute atomic E-state index is 12.1. The second-order valence-corrected chi connectivity index (χ2v) is 6.18. The minimum absolute atomic E-state index is 0.248. The highest BCUT2D eigenvalue weighted by Gasteiger charge is 2.25. The number of carbonyl (C=O) groups is 1. The molecule has 3 heteroatoms. The lowest BCUT2D eigenvalue weighted by Gasteiger charge is -2.24. The molecule has 1 aliphatic heterocycles. The fourth-order valence-electron chi connectivity index (χ4n) is 2.02.